The standard InChI is InChI=1S/C26H30N4O4S/c1-4-34-25-16-27-15-21(29-25)19-10-8-18(9-11-19)14-23(31)26(2,3)22-12-13-28-24(30-22)17-35(32,33)20-6-5-7-20/h8-13,15-16,20H,4-7,14,17H2,1-3H3. The second-order valence-corrected chi connectivity index (χ2v) is 11.6. The van der Waals surface area contributed by atoms with Crippen LogP contribution < -0.4 is 4.74 Å². The van der Waals surface area contributed by atoms with Crippen LogP contribution in [-0.2, 0) is 32.2 Å². The number of hydrogen-bond donors (Lipinski definition) is 0. The molecule has 184 valence electrons. The molecule has 0 atom stereocenters. The zero-order valence-corrected chi connectivity index (χ0v) is 21.1. The molecule has 4 rings (SSSR count). The van der Waals surface area contributed by atoms with Gasteiger partial charge in [0.05, 0.1) is 41.1 Å². The monoisotopic (exact) mass is 494 g/mol. The molecule has 1 aromatic carbocycles. The fourth-order valence-corrected chi connectivity index (χ4v) is 5.68. The molecule has 2 heterocycles. The van der Waals surface area contributed by atoms with E-state index in [1.165, 1.54) is 6.20 Å². The highest BCUT2D eigenvalue weighted by molar-refractivity contribution is 7.91. The Labute approximate surface area is 206 Å². The van der Waals surface area contributed by atoms with Crippen molar-refractivity contribution in [3.63, 3.8) is 0 Å². The molecular formula is C26H30N4O4S. The van der Waals surface area contributed by atoms with Crippen LogP contribution >= 0.6 is 0 Å². The first kappa shape index (κ1) is 24.9. The van der Waals surface area contributed by atoms with Crippen molar-refractivity contribution in [2.75, 3.05) is 6.61 Å². The number of nitrogens with zero attached hydrogens (tertiary/aromatic N) is 4. The average molecular weight is 495 g/mol. The van der Waals surface area contributed by atoms with E-state index >= 15 is 0 Å². The number of rotatable bonds is 10. The Hall–Kier alpha value is -3.20. The van der Waals surface area contributed by atoms with Crippen molar-refractivity contribution in [1.29, 1.82) is 0 Å². The third kappa shape index (κ3) is 5.73. The first-order valence-corrected chi connectivity index (χ1v) is 13.5. The Bertz CT molecular complexity index is 1300. The SMILES string of the molecule is CCOc1cncc(-c2ccc(CC(=O)C(C)(C)c3ccnc(CS(=O)(=O)C4CCC4)n3)cc2)n1. The Morgan fingerprint density at radius 3 is 2.49 bits per heavy atom. The van der Waals surface area contributed by atoms with Crippen LogP contribution in [0.4, 0.5) is 0 Å². The van der Waals surface area contributed by atoms with Crippen LogP contribution in [0.15, 0.2) is 48.9 Å². The Morgan fingerprint density at radius 1 is 1.09 bits per heavy atom. The largest absolute Gasteiger partial charge is 0.477 e. The third-order valence-electron chi connectivity index (χ3n) is 6.45. The van der Waals surface area contributed by atoms with Gasteiger partial charge in [-0.05, 0) is 45.2 Å². The number of ether oxygens (including phenoxy) is 1. The maximum atomic E-state index is 13.2. The second-order valence-electron chi connectivity index (χ2n) is 9.32. The molecule has 1 fully saturated rings. The molecule has 0 radical (unpaired) electrons. The maximum Gasteiger partial charge on any atom is 0.232 e. The van der Waals surface area contributed by atoms with E-state index in [9.17, 15) is 13.2 Å². The van der Waals surface area contributed by atoms with Gasteiger partial charge in [0, 0.05) is 18.2 Å². The summed E-state index contributed by atoms with van der Waals surface area (Å²) in [6.45, 7) is 6.02. The van der Waals surface area contributed by atoms with Gasteiger partial charge in [0.2, 0.25) is 5.88 Å². The first-order valence-electron chi connectivity index (χ1n) is 11.8. The number of aromatic nitrogens is 4. The summed E-state index contributed by atoms with van der Waals surface area (Å²) < 4.78 is 30.5. The third-order valence-corrected chi connectivity index (χ3v) is 8.60. The lowest BCUT2D eigenvalue weighted by Gasteiger charge is -2.25. The lowest BCUT2D eigenvalue weighted by molar-refractivity contribution is -0.122. The number of ketones is 1. The molecule has 0 bridgehead atoms. The molecule has 0 N–H and O–H groups in total. The van der Waals surface area contributed by atoms with Crippen LogP contribution in [0.2, 0.25) is 0 Å². The van der Waals surface area contributed by atoms with Crippen molar-refractivity contribution >= 4 is 15.6 Å². The smallest absolute Gasteiger partial charge is 0.232 e. The van der Waals surface area contributed by atoms with Crippen molar-refractivity contribution in [3.05, 3.63) is 66.0 Å². The number of carbonyl (C=O) groups is 1. The number of benzene rings is 1. The minimum Gasteiger partial charge on any atom is -0.477 e. The summed E-state index contributed by atoms with van der Waals surface area (Å²) >= 11 is 0. The van der Waals surface area contributed by atoms with Crippen LogP contribution in [0.3, 0.4) is 0 Å². The van der Waals surface area contributed by atoms with Gasteiger partial charge in [0.15, 0.2) is 9.84 Å². The van der Waals surface area contributed by atoms with Gasteiger partial charge >= 0.3 is 0 Å². The number of carbonyl (C=O) groups excluding carboxylic acids is 1. The molecular weight excluding hydrogens is 464 g/mol. The Kier molecular flexibility index (Phi) is 7.25. The fourth-order valence-electron chi connectivity index (χ4n) is 3.89. The predicted octanol–water partition coefficient (Wildman–Crippen LogP) is 3.89. The van der Waals surface area contributed by atoms with Gasteiger partial charge in [0.25, 0.3) is 0 Å². The van der Waals surface area contributed by atoms with Gasteiger partial charge in [-0.1, -0.05) is 30.7 Å². The molecule has 8 nitrogen and oxygen atoms in total. The molecule has 0 unspecified atom stereocenters. The molecule has 1 saturated carbocycles. The molecule has 3 aromatic rings. The average Bonchev–Trinajstić information content (AvgIpc) is 2.78. The van der Waals surface area contributed by atoms with Gasteiger partial charge < -0.3 is 4.74 Å². The minimum atomic E-state index is -3.27. The predicted molar refractivity (Wildman–Crippen MR) is 133 cm³/mol. The molecule has 0 amide bonds. The quantitative estimate of drug-likeness (QED) is 0.417. The van der Waals surface area contributed by atoms with Gasteiger partial charge in [-0.25, -0.2) is 23.4 Å². The lowest BCUT2D eigenvalue weighted by Crippen LogP contribution is -2.33. The Balaban J connectivity index is 1.46. The second kappa shape index (κ2) is 10.2. The van der Waals surface area contributed by atoms with Gasteiger partial charge in [0.1, 0.15) is 17.4 Å². The van der Waals surface area contributed by atoms with Gasteiger partial charge in [-0.3, -0.25) is 9.78 Å². The lowest BCUT2D eigenvalue weighted by atomic mass is 9.81. The first-order chi connectivity index (χ1) is 16.7. The summed E-state index contributed by atoms with van der Waals surface area (Å²) in [6, 6.07) is 9.29. The van der Waals surface area contributed by atoms with Crippen molar-refractivity contribution in [2.45, 2.75) is 62.9 Å². The Morgan fingerprint density at radius 2 is 1.83 bits per heavy atom. The summed E-state index contributed by atoms with van der Waals surface area (Å²) in [4.78, 5) is 30.5. The molecule has 0 saturated heterocycles. The van der Waals surface area contributed by atoms with E-state index in [0.717, 1.165) is 17.5 Å². The van der Waals surface area contributed by atoms with E-state index in [1.54, 1.807) is 18.5 Å². The van der Waals surface area contributed by atoms with Crippen LogP contribution in [0, 0.1) is 0 Å². The summed E-state index contributed by atoms with van der Waals surface area (Å²) in [7, 11) is -3.27. The summed E-state index contributed by atoms with van der Waals surface area (Å²) in [5, 5.41) is -0.292. The summed E-state index contributed by atoms with van der Waals surface area (Å²) in [6.07, 6.45) is 7.35. The fraction of sp³-hybridized carbons (Fsp3) is 0.423. The highest BCUT2D eigenvalue weighted by Crippen LogP contribution is 2.29. The zero-order valence-electron chi connectivity index (χ0n) is 20.3. The van der Waals surface area contributed by atoms with E-state index in [1.807, 2.05) is 45.0 Å². The highest BCUT2D eigenvalue weighted by Gasteiger charge is 2.34. The van der Waals surface area contributed by atoms with E-state index < -0.39 is 15.3 Å². The van der Waals surface area contributed by atoms with Crippen molar-refractivity contribution < 1.29 is 17.9 Å². The van der Waals surface area contributed by atoms with Crippen LogP contribution in [0.1, 0.15) is 57.1 Å². The molecule has 0 spiro atoms. The van der Waals surface area contributed by atoms with E-state index in [0.29, 0.717) is 36.7 Å². The van der Waals surface area contributed by atoms with Crippen molar-refractivity contribution in [3.8, 4) is 17.1 Å². The molecule has 0 aliphatic heterocycles. The van der Waals surface area contributed by atoms with Crippen LogP contribution in [0.25, 0.3) is 11.3 Å². The number of hydrogen-bond acceptors (Lipinski definition) is 8. The number of Topliss-reactive ketones (excluding diaryl/α,β-unsaturated/α-hetero) is 1. The van der Waals surface area contributed by atoms with E-state index in [-0.39, 0.29) is 29.0 Å². The molecule has 9 heteroatoms. The maximum absolute atomic E-state index is 13.2. The minimum absolute atomic E-state index is 0.0186. The van der Waals surface area contributed by atoms with Crippen molar-refractivity contribution in [1.82, 2.24) is 19.9 Å². The highest BCUT2D eigenvalue weighted by atomic mass is 32.2. The van der Waals surface area contributed by atoms with E-state index in [2.05, 4.69) is 19.9 Å². The molecule has 35 heavy (non-hydrogen) atoms. The molecule has 2 aromatic heterocycles. The topological polar surface area (TPSA) is 112 Å². The normalized spacial score (nSPS) is 14.4. The van der Waals surface area contributed by atoms with Crippen LogP contribution in [0.5, 0.6) is 5.88 Å². The van der Waals surface area contributed by atoms with E-state index in [4.69, 9.17) is 4.74 Å². The summed E-state index contributed by atoms with van der Waals surface area (Å²) in [5.41, 5.74) is 2.06. The molecule has 1 aliphatic carbocycles. The van der Waals surface area contributed by atoms with Gasteiger partial charge in [-0.15, -0.1) is 0 Å². The van der Waals surface area contributed by atoms with Crippen molar-refractivity contribution in [2.24, 2.45) is 0 Å². The zero-order chi connectivity index (χ0) is 25.1. The molecule has 1 aliphatic rings. The van der Waals surface area contributed by atoms with Gasteiger partial charge in [-0.2, -0.15) is 0 Å². The number of sulfone groups is 1. The van der Waals surface area contributed by atoms with Crippen LogP contribution in [-0.4, -0.2) is 46.0 Å². The summed E-state index contributed by atoms with van der Waals surface area (Å²) in [5.74, 6) is 0.505.